The second-order valence-corrected chi connectivity index (χ2v) is 8.79. The molecule has 0 radical (unpaired) electrons. The van der Waals surface area contributed by atoms with E-state index in [1.807, 2.05) is 57.2 Å². The third-order valence-corrected chi connectivity index (χ3v) is 5.95. The van der Waals surface area contributed by atoms with E-state index < -0.39 is 0 Å². The second-order valence-electron chi connectivity index (χ2n) is 7.71. The summed E-state index contributed by atoms with van der Waals surface area (Å²) in [6.45, 7) is 7.96. The molecule has 0 unspecified atom stereocenters. The van der Waals surface area contributed by atoms with Crippen LogP contribution >= 0.6 is 11.3 Å². The van der Waals surface area contributed by atoms with Crippen LogP contribution in [-0.2, 0) is 4.79 Å². The molecule has 2 aromatic carbocycles. The van der Waals surface area contributed by atoms with Crippen molar-refractivity contribution >= 4 is 17.3 Å². The molecule has 5 heteroatoms. The molecule has 0 aliphatic heterocycles. The fourth-order valence-corrected chi connectivity index (χ4v) is 4.34. The summed E-state index contributed by atoms with van der Waals surface area (Å²) in [6.07, 6.45) is 2.27. The lowest BCUT2D eigenvalue weighted by atomic mass is 10.1. The Balaban J connectivity index is 1.81. The van der Waals surface area contributed by atoms with E-state index in [4.69, 9.17) is 9.47 Å². The van der Waals surface area contributed by atoms with Crippen molar-refractivity contribution in [2.24, 2.45) is 0 Å². The zero-order valence-electron chi connectivity index (χ0n) is 18.4. The molecule has 0 aliphatic carbocycles. The molecule has 0 N–H and O–H groups in total. The number of unbranched alkanes of at least 4 members (excludes halogenated alkanes) is 1. The van der Waals surface area contributed by atoms with E-state index in [1.165, 1.54) is 0 Å². The van der Waals surface area contributed by atoms with Crippen molar-refractivity contribution in [1.29, 1.82) is 5.26 Å². The first-order valence-electron chi connectivity index (χ1n) is 10.5. The highest BCUT2D eigenvalue weighted by Crippen LogP contribution is 2.38. The van der Waals surface area contributed by atoms with E-state index in [-0.39, 0.29) is 12.1 Å². The minimum atomic E-state index is -0.189. The van der Waals surface area contributed by atoms with E-state index in [2.05, 4.69) is 25.1 Å². The number of hydrogen-bond acceptors (Lipinski definition) is 5. The fourth-order valence-electron chi connectivity index (χ4n) is 3.24. The minimum absolute atomic E-state index is 0.0168. The predicted octanol–water partition coefficient (Wildman–Crippen LogP) is 7.15. The number of carbonyl (C=O) groups is 1. The average Bonchev–Trinajstić information content (AvgIpc) is 3.22. The highest BCUT2D eigenvalue weighted by Gasteiger charge is 2.12. The summed E-state index contributed by atoms with van der Waals surface area (Å²) in [5.41, 5.74) is 3.67. The molecular formula is C26H27NO3S. The Kier molecular flexibility index (Phi) is 7.49. The van der Waals surface area contributed by atoms with E-state index >= 15 is 0 Å². The number of carbonyl (C=O) groups excluding carboxylic acids is 1. The lowest BCUT2D eigenvalue weighted by Crippen LogP contribution is -2.07. The van der Waals surface area contributed by atoms with Gasteiger partial charge in [-0.1, -0.05) is 13.3 Å². The van der Waals surface area contributed by atoms with Crippen LogP contribution in [0.3, 0.4) is 0 Å². The quantitative estimate of drug-likeness (QED) is 0.280. The van der Waals surface area contributed by atoms with Gasteiger partial charge >= 0.3 is 5.97 Å². The molecule has 0 aliphatic rings. The van der Waals surface area contributed by atoms with Crippen LogP contribution in [0.1, 0.15) is 51.2 Å². The second kappa shape index (κ2) is 10.3. The van der Waals surface area contributed by atoms with Crippen LogP contribution in [0.4, 0.5) is 0 Å². The Morgan fingerprint density at radius 2 is 1.87 bits per heavy atom. The molecule has 3 rings (SSSR count). The standard InChI is InChI=1S/C26H27NO3S/c1-5-6-7-26(28)30-21-9-10-22(18(4)14-21)25-13-12-24(31-25)19-8-11-23(29-17(2)3)20(15-19)16-27/h8-15,17H,5-7H2,1-4H3. The number of hydrogen-bond donors (Lipinski definition) is 0. The summed E-state index contributed by atoms with van der Waals surface area (Å²) in [5, 5.41) is 9.50. The molecule has 4 nitrogen and oxygen atoms in total. The van der Waals surface area contributed by atoms with Crippen LogP contribution in [0, 0.1) is 18.3 Å². The number of nitrogens with zero attached hydrogens (tertiary/aromatic N) is 1. The SMILES string of the molecule is CCCCC(=O)Oc1ccc(-c2ccc(-c3ccc(OC(C)C)c(C#N)c3)s2)c(C)c1. The van der Waals surface area contributed by atoms with Crippen LogP contribution in [0.15, 0.2) is 48.5 Å². The van der Waals surface area contributed by atoms with Crippen LogP contribution < -0.4 is 9.47 Å². The smallest absolute Gasteiger partial charge is 0.311 e. The summed E-state index contributed by atoms with van der Waals surface area (Å²) in [7, 11) is 0. The largest absolute Gasteiger partial charge is 0.490 e. The van der Waals surface area contributed by atoms with Gasteiger partial charge in [0.2, 0.25) is 0 Å². The lowest BCUT2D eigenvalue weighted by molar-refractivity contribution is -0.134. The number of nitriles is 1. The highest BCUT2D eigenvalue weighted by molar-refractivity contribution is 7.18. The molecule has 0 fully saturated rings. The van der Waals surface area contributed by atoms with Gasteiger partial charge in [0.05, 0.1) is 11.7 Å². The van der Waals surface area contributed by atoms with Crippen molar-refractivity contribution < 1.29 is 14.3 Å². The number of benzene rings is 2. The third kappa shape index (κ3) is 5.74. The molecule has 31 heavy (non-hydrogen) atoms. The normalized spacial score (nSPS) is 10.7. The molecule has 0 amide bonds. The Bertz CT molecular complexity index is 1110. The molecule has 0 spiro atoms. The molecule has 160 valence electrons. The Morgan fingerprint density at radius 1 is 1.10 bits per heavy atom. The van der Waals surface area contributed by atoms with Crippen LogP contribution in [0.25, 0.3) is 20.9 Å². The average molecular weight is 434 g/mol. The maximum atomic E-state index is 11.9. The van der Waals surface area contributed by atoms with Crippen molar-refractivity contribution in [2.45, 2.75) is 53.1 Å². The van der Waals surface area contributed by atoms with Gasteiger partial charge in [0.1, 0.15) is 17.6 Å². The summed E-state index contributed by atoms with van der Waals surface area (Å²) in [6, 6.07) is 17.8. The molecule has 0 saturated carbocycles. The minimum Gasteiger partial charge on any atom is -0.490 e. The first-order valence-corrected chi connectivity index (χ1v) is 11.4. The molecular weight excluding hydrogens is 406 g/mol. The Labute approximate surface area is 188 Å². The molecule has 1 heterocycles. The molecule has 1 aromatic heterocycles. The van der Waals surface area contributed by atoms with Gasteiger partial charge in [-0.05, 0) is 92.4 Å². The molecule has 0 bridgehead atoms. The van der Waals surface area contributed by atoms with Crippen molar-refractivity contribution in [3.8, 4) is 38.4 Å². The van der Waals surface area contributed by atoms with E-state index in [9.17, 15) is 10.1 Å². The first kappa shape index (κ1) is 22.6. The number of thiophene rings is 1. The molecule has 0 saturated heterocycles. The van der Waals surface area contributed by atoms with Gasteiger partial charge in [-0.25, -0.2) is 0 Å². The number of rotatable bonds is 8. The van der Waals surface area contributed by atoms with Crippen LogP contribution in [-0.4, -0.2) is 12.1 Å². The van der Waals surface area contributed by atoms with Gasteiger partial charge in [0.15, 0.2) is 0 Å². The maximum Gasteiger partial charge on any atom is 0.311 e. The van der Waals surface area contributed by atoms with Crippen LogP contribution in [0.5, 0.6) is 11.5 Å². The van der Waals surface area contributed by atoms with Gasteiger partial charge < -0.3 is 9.47 Å². The van der Waals surface area contributed by atoms with Crippen molar-refractivity contribution in [3.05, 3.63) is 59.7 Å². The van der Waals surface area contributed by atoms with Crippen molar-refractivity contribution in [3.63, 3.8) is 0 Å². The van der Waals surface area contributed by atoms with Crippen LogP contribution in [0.2, 0.25) is 0 Å². The van der Waals surface area contributed by atoms with E-state index in [0.717, 1.165) is 39.3 Å². The Morgan fingerprint density at radius 3 is 2.55 bits per heavy atom. The van der Waals surface area contributed by atoms with E-state index in [0.29, 0.717) is 23.5 Å². The Hall–Kier alpha value is -3.10. The zero-order valence-corrected chi connectivity index (χ0v) is 19.2. The molecule has 3 aromatic rings. The maximum absolute atomic E-state index is 11.9. The first-order chi connectivity index (χ1) is 14.9. The number of aryl methyl sites for hydroxylation is 1. The van der Waals surface area contributed by atoms with E-state index in [1.54, 1.807) is 11.3 Å². The zero-order chi connectivity index (χ0) is 22.4. The lowest BCUT2D eigenvalue weighted by Gasteiger charge is -2.11. The predicted molar refractivity (Wildman–Crippen MR) is 126 cm³/mol. The summed E-state index contributed by atoms with van der Waals surface area (Å²) < 4.78 is 11.2. The monoisotopic (exact) mass is 433 g/mol. The van der Waals surface area contributed by atoms with Gasteiger partial charge in [0, 0.05) is 16.2 Å². The van der Waals surface area contributed by atoms with Gasteiger partial charge in [0.25, 0.3) is 0 Å². The van der Waals surface area contributed by atoms with Gasteiger partial charge in [-0.3, -0.25) is 4.79 Å². The third-order valence-electron chi connectivity index (χ3n) is 4.78. The number of esters is 1. The molecule has 0 atom stereocenters. The summed E-state index contributed by atoms with van der Waals surface area (Å²) >= 11 is 1.67. The van der Waals surface area contributed by atoms with Gasteiger partial charge in [-0.2, -0.15) is 5.26 Å². The summed E-state index contributed by atoms with van der Waals surface area (Å²) in [4.78, 5) is 14.1. The van der Waals surface area contributed by atoms with Crippen molar-refractivity contribution in [2.75, 3.05) is 0 Å². The highest BCUT2D eigenvalue weighted by atomic mass is 32.1. The fraction of sp³-hybridized carbons (Fsp3) is 0.308. The van der Waals surface area contributed by atoms with Crippen molar-refractivity contribution in [1.82, 2.24) is 0 Å². The van der Waals surface area contributed by atoms with Gasteiger partial charge in [-0.15, -0.1) is 11.3 Å². The summed E-state index contributed by atoms with van der Waals surface area (Å²) in [5.74, 6) is 1.00. The topological polar surface area (TPSA) is 59.3 Å². The number of ether oxygens (including phenoxy) is 2.